The first-order valence-electron chi connectivity index (χ1n) is 10.4. The van der Waals surface area contributed by atoms with Crippen LogP contribution in [0, 0.1) is 18.3 Å². The Morgan fingerprint density at radius 1 is 1.17 bits per heavy atom. The fourth-order valence-electron chi connectivity index (χ4n) is 4.53. The summed E-state index contributed by atoms with van der Waals surface area (Å²) in [5.41, 5.74) is 6.48. The number of hydrogen-bond donors (Lipinski definition) is 0. The largest absolute Gasteiger partial charge is 0.438 e. The number of nitriles is 1. The molecule has 5 rings (SSSR count). The number of benzene rings is 2. The highest BCUT2D eigenvalue weighted by Gasteiger charge is 2.34. The molecule has 1 atom stereocenters. The van der Waals surface area contributed by atoms with Crippen LogP contribution in [0.5, 0.6) is 0 Å². The summed E-state index contributed by atoms with van der Waals surface area (Å²) in [5, 5.41) is 9.97. The summed E-state index contributed by atoms with van der Waals surface area (Å²) >= 11 is 0. The number of aromatic nitrogens is 1. The third-order valence-corrected chi connectivity index (χ3v) is 6.39. The van der Waals surface area contributed by atoms with Crippen molar-refractivity contribution in [2.75, 3.05) is 32.1 Å². The molecule has 1 aliphatic carbocycles. The van der Waals surface area contributed by atoms with Gasteiger partial charge in [0.15, 0.2) is 11.5 Å². The molecule has 148 valence electrons. The number of hydrogen-bond acceptors (Lipinski definition) is 5. The van der Waals surface area contributed by atoms with Crippen LogP contribution >= 0.6 is 0 Å². The molecule has 0 N–H and O–H groups in total. The van der Waals surface area contributed by atoms with Crippen molar-refractivity contribution in [3.63, 3.8) is 0 Å². The topological polar surface area (TPSA) is 56.3 Å². The van der Waals surface area contributed by atoms with Crippen molar-refractivity contribution in [1.29, 1.82) is 5.26 Å². The van der Waals surface area contributed by atoms with E-state index in [2.05, 4.69) is 61.2 Å². The molecule has 2 fully saturated rings. The number of anilines is 1. The molecule has 1 saturated carbocycles. The average Bonchev–Trinajstić information content (AvgIpc) is 3.29. The van der Waals surface area contributed by atoms with Gasteiger partial charge in [0.05, 0.1) is 11.3 Å². The fourth-order valence-corrected chi connectivity index (χ4v) is 4.53. The number of rotatable bonds is 4. The summed E-state index contributed by atoms with van der Waals surface area (Å²) < 4.78 is 6.37. The lowest BCUT2D eigenvalue weighted by atomic mass is 9.93. The summed E-state index contributed by atoms with van der Waals surface area (Å²) in [5.74, 6) is 1.21. The second-order valence-electron chi connectivity index (χ2n) is 8.56. The van der Waals surface area contributed by atoms with Crippen molar-refractivity contribution < 1.29 is 4.42 Å². The van der Waals surface area contributed by atoms with Crippen molar-refractivity contribution in [1.82, 2.24) is 9.88 Å². The van der Waals surface area contributed by atoms with Gasteiger partial charge in [-0.25, -0.2) is 4.98 Å². The quantitative estimate of drug-likeness (QED) is 0.651. The smallest absolute Gasteiger partial charge is 0.198 e. The Morgan fingerprint density at radius 2 is 1.93 bits per heavy atom. The fraction of sp³-hybridized carbons (Fsp3) is 0.417. The van der Waals surface area contributed by atoms with Gasteiger partial charge in [-0.15, -0.1) is 0 Å². The minimum Gasteiger partial charge on any atom is -0.438 e. The van der Waals surface area contributed by atoms with E-state index in [1.807, 2.05) is 6.07 Å². The van der Waals surface area contributed by atoms with Gasteiger partial charge in [-0.1, -0.05) is 30.3 Å². The second kappa shape index (κ2) is 6.89. The molecule has 1 aromatic heterocycles. The minimum absolute atomic E-state index is 0.412. The van der Waals surface area contributed by atoms with Crippen LogP contribution in [0.25, 0.3) is 22.2 Å². The van der Waals surface area contributed by atoms with Crippen LogP contribution in [-0.4, -0.2) is 43.1 Å². The maximum atomic E-state index is 9.97. The zero-order chi connectivity index (χ0) is 20.1. The van der Waals surface area contributed by atoms with Gasteiger partial charge in [0.2, 0.25) is 0 Å². The Labute approximate surface area is 171 Å². The van der Waals surface area contributed by atoms with E-state index in [-0.39, 0.29) is 0 Å². The van der Waals surface area contributed by atoms with Gasteiger partial charge >= 0.3 is 0 Å². The van der Waals surface area contributed by atoms with Crippen LogP contribution in [0.4, 0.5) is 5.69 Å². The number of fused-ring (bicyclic) bond motifs is 1. The van der Waals surface area contributed by atoms with Crippen molar-refractivity contribution >= 4 is 16.8 Å². The number of oxazole rings is 1. The van der Waals surface area contributed by atoms with E-state index in [9.17, 15) is 5.26 Å². The van der Waals surface area contributed by atoms with Crippen molar-refractivity contribution in [2.24, 2.45) is 0 Å². The molecule has 2 aliphatic rings. The molecule has 1 saturated heterocycles. The molecule has 1 aliphatic heterocycles. The lowest BCUT2D eigenvalue weighted by Gasteiger charge is -2.25. The molecule has 0 bridgehead atoms. The Kier molecular flexibility index (Phi) is 4.33. The number of nitrogens with zero attached hydrogens (tertiary/aromatic N) is 4. The van der Waals surface area contributed by atoms with Crippen LogP contribution in [0.1, 0.15) is 42.2 Å². The molecule has 5 heteroatoms. The molecular formula is C24H26N4O. The van der Waals surface area contributed by atoms with Gasteiger partial charge in [0.1, 0.15) is 11.6 Å². The van der Waals surface area contributed by atoms with Crippen LogP contribution in [0.3, 0.4) is 0 Å². The molecule has 0 amide bonds. The van der Waals surface area contributed by atoms with E-state index in [1.165, 1.54) is 0 Å². The summed E-state index contributed by atoms with van der Waals surface area (Å²) in [6, 6.07) is 13.3. The monoisotopic (exact) mass is 386 g/mol. The van der Waals surface area contributed by atoms with Gasteiger partial charge < -0.3 is 14.2 Å². The molecule has 29 heavy (non-hydrogen) atoms. The van der Waals surface area contributed by atoms with E-state index in [0.29, 0.717) is 17.5 Å². The first-order valence-corrected chi connectivity index (χ1v) is 10.4. The lowest BCUT2D eigenvalue weighted by molar-refractivity contribution is 0.315. The highest BCUT2D eigenvalue weighted by Crippen LogP contribution is 2.47. The van der Waals surface area contributed by atoms with Crippen molar-refractivity contribution in [3.05, 3.63) is 47.3 Å². The van der Waals surface area contributed by atoms with E-state index in [4.69, 9.17) is 9.40 Å². The molecule has 5 nitrogen and oxygen atoms in total. The van der Waals surface area contributed by atoms with E-state index in [1.54, 1.807) is 0 Å². The SMILES string of the molecule is Cc1c(-c2ccccc2)c(N2CC[C@H](N(C)C)C2)c2oc(C3CC3)nc2c1C#N. The normalized spacial score (nSPS) is 19.3. The number of likely N-dealkylation sites (N-methyl/N-ethyl adjacent to an activating group) is 1. The first kappa shape index (κ1) is 18.2. The summed E-state index contributed by atoms with van der Waals surface area (Å²) in [7, 11) is 4.29. The molecule has 2 aromatic carbocycles. The molecular weight excluding hydrogens is 360 g/mol. The zero-order valence-electron chi connectivity index (χ0n) is 17.3. The predicted molar refractivity (Wildman–Crippen MR) is 115 cm³/mol. The van der Waals surface area contributed by atoms with Gasteiger partial charge in [0, 0.05) is 30.6 Å². The predicted octanol–water partition coefficient (Wildman–Crippen LogP) is 4.69. The maximum Gasteiger partial charge on any atom is 0.198 e. The Morgan fingerprint density at radius 3 is 2.55 bits per heavy atom. The minimum atomic E-state index is 0.412. The van der Waals surface area contributed by atoms with Gasteiger partial charge in [0.25, 0.3) is 0 Å². The Balaban J connectivity index is 1.79. The van der Waals surface area contributed by atoms with Crippen LogP contribution in [0.2, 0.25) is 0 Å². The third kappa shape index (κ3) is 2.99. The van der Waals surface area contributed by atoms with E-state index in [0.717, 1.165) is 71.7 Å². The van der Waals surface area contributed by atoms with Crippen LogP contribution in [-0.2, 0) is 0 Å². The summed E-state index contributed by atoms with van der Waals surface area (Å²) in [6.45, 7) is 3.98. The third-order valence-electron chi connectivity index (χ3n) is 6.39. The van der Waals surface area contributed by atoms with E-state index >= 15 is 0 Å². The second-order valence-corrected chi connectivity index (χ2v) is 8.56. The van der Waals surface area contributed by atoms with Gasteiger partial charge in [-0.3, -0.25) is 0 Å². The highest BCUT2D eigenvalue weighted by atomic mass is 16.4. The van der Waals surface area contributed by atoms with Crippen LogP contribution in [0.15, 0.2) is 34.7 Å². The Hall–Kier alpha value is -2.84. The van der Waals surface area contributed by atoms with Gasteiger partial charge in [-0.2, -0.15) is 5.26 Å². The van der Waals surface area contributed by atoms with Crippen LogP contribution < -0.4 is 4.90 Å². The van der Waals surface area contributed by atoms with Crippen molar-refractivity contribution in [3.8, 4) is 17.2 Å². The highest BCUT2D eigenvalue weighted by molar-refractivity contribution is 6.02. The lowest BCUT2D eigenvalue weighted by Crippen LogP contribution is -2.31. The zero-order valence-corrected chi connectivity index (χ0v) is 17.3. The summed E-state index contributed by atoms with van der Waals surface area (Å²) in [4.78, 5) is 9.53. The Bertz CT molecular complexity index is 1110. The van der Waals surface area contributed by atoms with Gasteiger partial charge in [-0.05, 0) is 51.4 Å². The summed E-state index contributed by atoms with van der Waals surface area (Å²) in [6.07, 6.45) is 3.37. The molecule has 2 heterocycles. The first-order chi connectivity index (χ1) is 14.1. The molecule has 0 unspecified atom stereocenters. The average molecular weight is 386 g/mol. The molecule has 0 radical (unpaired) electrons. The standard InChI is InChI=1S/C24H26N4O/c1-15-19(13-25)21-23(29-24(26-21)17-9-10-17)22(20(15)16-7-5-4-6-8-16)28-12-11-18(14-28)27(2)3/h4-8,17-18H,9-12,14H2,1-3H3/t18-/m0/s1. The van der Waals surface area contributed by atoms with E-state index < -0.39 is 0 Å². The maximum absolute atomic E-state index is 9.97. The molecule has 3 aromatic rings. The molecule has 0 spiro atoms. The van der Waals surface area contributed by atoms with Crippen molar-refractivity contribution in [2.45, 2.75) is 38.1 Å².